The van der Waals surface area contributed by atoms with Gasteiger partial charge in [-0.3, -0.25) is 0 Å². The number of nitrogens with zero attached hydrogens (tertiary/aromatic N) is 2. The molecule has 174 valence electrons. The molecule has 0 atom stereocenters. The van der Waals surface area contributed by atoms with Crippen LogP contribution in [0.5, 0.6) is 0 Å². The van der Waals surface area contributed by atoms with Crippen molar-refractivity contribution in [3.05, 3.63) is 59.6 Å². The Balaban J connectivity index is 3.45. The molecule has 31 heavy (non-hydrogen) atoms. The maximum atomic E-state index is 5.24. The molecule has 3 nitrogen and oxygen atoms in total. The van der Waals surface area contributed by atoms with Gasteiger partial charge in [0.05, 0.1) is 0 Å². The lowest BCUT2D eigenvalue weighted by molar-refractivity contribution is 0.262. The van der Waals surface area contributed by atoms with E-state index in [2.05, 4.69) is 77.9 Å². The summed E-state index contributed by atoms with van der Waals surface area (Å²) in [5.74, 6) is 2.60. The van der Waals surface area contributed by atoms with Gasteiger partial charge in [-0.25, -0.2) is 4.99 Å². The van der Waals surface area contributed by atoms with Gasteiger partial charge in [-0.2, -0.15) is 0 Å². The highest BCUT2D eigenvalue weighted by Gasteiger charge is 2.21. The van der Waals surface area contributed by atoms with Crippen molar-refractivity contribution in [2.45, 2.75) is 86.6 Å². The van der Waals surface area contributed by atoms with E-state index >= 15 is 0 Å². The first kappa shape index (κ1) is 27.0. The normalized spacial score (nSPS) is 16.5. The largest absolute Gasteiger partial charge is 0.388 e. The van der Waals surface area contributed by atoms with E-state index in [0.29, 0.717) is 12.0 Å². The fourth-order valence-electron chi connectivity index (χ4n) is 3.61. The van der Waals surface area contributed by atoms with Gasteiger partial charge in [0.15, 0.2) is 0 Å². The lowest BCUT2D eigenvalue weighted by atomic mass is 9.99. The minimum atomic E-state index is 0.358. The maximum Gasteiger partial charge on any atom is 0.134 e. The Labute approximate surface area is 192 Å². The highest BCUT2D eigenvalue weighted by atomic mass is 15.2. The average Bonchev–Trinajstić information content (AvgIpc) is 3.54. The quantitative estimate of drug-likeness (QED) is 0.232. The molecule has 1 aliphatic carbocycles. The summed E-state index contributed by atoms with van der Waals surface area (Å²) >= 11 is 0. The molecule has 1 fully saturated rings. The molecule has 0 aromatic heterocycles. The molecule has 1 rings (SSSR count). The van der Waals surface area contributed by atoms with Crippen LogP contribution in [0, 0.1) is 11.8 Å². The summed E-state index contributed by atoms with van der Waals surface area (Å²) in [5, 5.41) is 3.22. The van der Waals surface area contributed by atoms with Gasteiger partial charge in [-0.15, -0.1) is 0 Å². The maximum absolute atomic E-state index is 5.24. The van der Waals surface area contributed by atoms with Crippen LogP contribution in [0.4, 0.5) is 0 Å². The molecule has 0 saturated heterocycles. The van der Waals surface area contributed by atoms with E-state index in [0.717, 1.165) is 48.1 Å². The van der Waals surface area contributed by atoms with Crippen molar-refractivity contribution >= 4 is 5.71 Å². The minimum absolute atomic E-state index is 0.358. The van der Waals surface area contributed by atoms with Crippen molar-refractivity contribution in [1.29, 1.82) is 0 Å². The second kappa shape index (κ2) is 13.4. The molecule has 0 heterocycles. The summed E-state index contributed by atoms with van der Waals surface area (Å²) < 4.78 is 0. The number of aliphatic imine (C=N–C) groups is 1. The van der Waals surface area contributed by atoms with Gasteiger partial charge in [-0.1, -0.05) is 63.6 Å². The molecule has 1 saturated carbocycles. The van der Waals surface area contributed by atoms with Crippen molar-refractivity contribution < 1.29 is 0 Å². The molecule has 0 bridgehead atoms. The zero-order valence-corrected chi connectivity index (χ0v) is 21.5. The molecule has 1 aliphatic rings. The number of hydrogen-bond acceptors (Lipinski definition) is 3. The minimum Gasteiger partial charge on any atom is -0.388 e. The van der Waals surface area contributed by atoms with E-state index in [1.54, 1.807) is 0 Å². The predicted molar refractivity (Wildman–Crippen MR) is 139 cm³/mol. The Hall–Kier alpha value is -2.03. The molecular weight excluding hydrogens is 378 g/mol. The van der Waals surface area contributed by atoms with E-state index in [9.17, 15) is 0 Å². The van der Waals surface area contributed by atoms with Gasteiger partial charge in [0.2, 0.25) is 0 Å². The van der Waals surface area contributed by atoms with Crippen LogP contribution >= 0.6 is 0 Å². The Morgan fingerprint density at radius 2 is 1.81 bits per heavy atom. The van der Waals surface area contributed by atoms with Crippen LogP contribution in [0.2, 0.25) is 0 Å². The van der Waals surface area contributed by atoms with Crippen molar-refractivity contribution in [2.24, 2.45) is 16.8 Å². The molecule has 0 aromatic carbocycles. The summed E-state index contributed by atoms with van der Waals surface area (Å²) in [6, 6.07) is 0.358. The number of nitrogens with one attached hydrogen (secondary N) is 1. The van der Waals surface area contributed by atoms with Crippen LogP contribution in [0.3, 0.4) is 0 Å². The first-order valence-electron chi connectivity index (χ1n) is 12.0. The Morgan fingerprint density at radius 1 is 1.16 bits per heavy atom. The van der Waals surface area contributed by atoms with Gasteiger partial charge < -0.3 is 10.2 Å². The van der Waals surface area contributed by atoms with E-state index in [1.165, 1.54) is 30.4 Å². The van der Waals surface area contributed by atoms with Crippen LogP contribution in [-0.2, 0) is 0 Å². The smallest absolute Gasteiger partial charge is 0.134 e. The van der Waals surface area contributed by atoms with Gasteiger partial charge in [0, 0.05) is 36.6 Å². The van der Waals surface area contributed by atoms with Gasteiger partial charge >= 0.3 is 0 Å². The Morgan fingerprint density at radius 3 is 2.29 bits per heavy atom. The third-order valence-corrected chi connectivity index (χ3v) is 6.08. The van der Waals surface area contributed by atoms with Crippen LogP contribution in [0.1, 0.15) is 80.6 Å². The molecule has 0 aromatic rings. The second-order valence-electron chi connectivity index (χ2n) is 9.61. The highest BCUT2D eigenvalue weighted by Crippen LogP contribution is 2.35. The summed E-state index contributed by atoms with van der Waals surface area (Å²) in [5.41, 5.74) is 5.71. The van der Waals surface area contributed by atoms with E-state index < -0.39 is 0 Å². The van der Waals surface area contributed by atoms with Crippen LogP contribution in [-0.4, -0.2) is 30.2 Å². The molecule has 0 radical (unpaired) electrons. The third-order valence-electron chi connectivity index (χ3n) is 6.08. The molecule has 3 heteroatoms. The molecule has 0 aliphatic heterocycles. The van der Waals surface area contributed by atoms with Crippen LogP contribution in [0.15, 0.2) is 64.6 Å². The van der Waals surface area contributed by atoms with Crippen molar-refractivity contribution in [3.8, 4) is 0 Å². The van der Waals surface area contributed by atoms with Crippen molar-refractivity contribution in [2.75, 3.05) is 13.6 Å². The van der Waals surface area contributed by atoms with Crippen LogP contribution in [0.25, 0.3) is 0 Å². The second-order valence-corrected chi connectivity index (χ2v) is 9.61. The summed E-state index contributed by atoms with van der Waals surface area (Å²) in [6.45, 7) is 24.6. The molecular formula is C28H47N3. The van der Waals surface area contributed by atoms with E-state index in [1.807, 2.05) is 19.2 Å². The Bertz CT molecular complexity index is 727. The summed E-state index contributed by atoms with van der Waals surface area (Å²) in [4.78, 5) is 7.67. The average molecular weight is 426 g/mol. The van der Waals surface area contributed by atoms with Gasteiger partial charge in [0.1, 0.15) is 5.82 Å². The first-order chi connectivity index (χ1) is 14.6. The summed E-state index contributed by atoms with van der Waals surface area (Å²) in [7, 11) is 1.92. The van der Waals surface area contributed by atoms with Crippen molar-refractivity contribution in [3.63, 3.8) is 0 Å². The number of rotatable bonds is 14. The number of hydrogen-bond donors (Lipinski definition) is 1. The fourth-order valence-corrected chi connectivity index (χ4v) is 3.61. The standard InChI is InChI=1S/C28H47N3/c1-11-12-13-27(22(6)14-15-26-16-17-26)25(9)30-28(23(7)24(8)29-10)31(21(4)5)19-18-20(2)3/h11-13,20-21,26,29H,1,8,14-19H2,2-7,9-10H3/b13-12-,27-22-,28-23-,30-25-. The number of allylic oxidation sites excluding steroid dienone is 6. The number of likely N-dealkylation sites (N-methyl/N-ethyl adjacent to an activating group) is 1. The van der Waals surface area contributed by atoms with Gasteiger partial charge in [-0.05, 0) is 71.3 Å². The van der Waals surface area contributed by atoms with Crippen LogP contribution < -0.4 is 5.32 Å². The molecule has 0 amide bonds. The lowest BCUT2D eigenvalue weighted by Crippen LogP contribution is -2.33. The molecule has 1 N–H and O–H groups in total. The fraction of sp³-hybridized carbons (Fsp3) is 0.607. The zero-order chi connectivity index (χ0) is 23.6. The third kappa shape index (κ3) is 9.33. The highest BCUT2D eigenvalue weighted by molar-refractivity contribution is 6.02. The predicted octanol–water partition coefficient (Wildman–Crippen LogP) is 7.42. The topological polar surface area (TPSA) is 27.6 Å². The van der Waals surface area contributed by atoms with Gasteiger partial charge in [0.25, 0.3) is 0 Å². The zero-order valence-electron chi connectivity index (χ0n) is 21.5. The van der Waals surface area contributed by atoms with E-state index in [-0.39, 0.29) is 0 Å². The van der Waals surface area contributed by atoms with E-state index in [4.69, 9.17) is 4.99 Å². The first-order valence-corrected chi connectivity index (χ1v) is 12.0. The molecule has 0 spiro atoms. The lowest BCUT2D eigenvalue weighted by Gasteiger charge is -2.32. The monoisotopic (exact) mass is 425 g/mol. The Kier molecular flexibility index (Phi) is 11.7. The SMILES string of the molecule is C=C\C=C/C(C(/C)=N\C(=C(/C)C(=C)NC)N(CCC(C)C)C(C)C)=C(\C)CCC1CC1. The molecule has 0 unspecified atom stereocenters. The van der Waals surface area contributed by atoms with Crippen molar-refractivity contribution in [1.82, 2.24) is 10.2 Å². The summed E-state index contributed by atoms with van der Waals surface area (Å²) in [6.07, 6.45) is 12.4.